The molecule has 0 unspecified atom stereocenters. The summed E-state index contributed by atoms with van der Waals surface area (Å²) in [5.74, 6) is 1.24. The number of nitrogens with one attached hydrogen (secondary N) is 2. The molecular formula is C8H13N4O2-. The van der Waals surface area contributed by atoms with Crippen molar-refractivity contribution < 1.29 is 9.90 Å². The molecule has 0 aromatic carbocycles. The molecule has 6 nitrogen and oxygen atoms in total. The van der Waals surface area contributed by atoms with Crippen molar-refractivity contribution in [3.05, 3.63) is 11.6 Å². The minimum Gasteiger partial charge on any atom is -0.530 e. The molecule has 0 aliphatic carbocycles. The molecule has 78 valence electrons. The van der Waals surface area contributed by atoms with Gasteiger partial charge in [0.05, 0.1) is 6.54 Å². The third-order valence-electron chi connectivity index (χ3n) is 1.73. The van der Waals surface area contributed by atoms with Gasteiger partial charge in [-0.1, -0.05) is 13.3 Å². The first-order valence-electron chi connectivity index (χ1n) is 4.57. The van der Waals surface area contributed by atoms with Crippen LogP contribution in [0.3, 0.4) is 0 Å². The van der Waals surface area contributed by atoms with Gasteiger partial charge in [0.2, 0.25) is 0 Å². The summed E-state index contributed by atoms with van der Waals surface area (Å²) in [4.78, 5) is 14.2. The van der Waals surface area contributed by atoms with Crippen molar-refractivity contribution in [1.82, 2.24) is 20.5 Å². The summed E-state index contributed by atoms with van der Waals surface area (Å²) < 4.78 is 0. The largest absolute Gasteiger partial charge is 0.530 e. The SMILES string of the molecule is CCCCc1n[nH]c(CNC(=O)[O-])n1. The lowest BCUT2D eigenvalue weighted by Gasteiger charge is -2.01. The average Bonchev–Trinajstić information content (AvgIpc) is 2.59. The summed E-state index contributed by atoms with van der Waals surface area (Å²) in [5.41, 5.74) is 0. The number of carbonyl (C=O) groups is 1. The van der Waals surface area contributed by atoms with Crippen LogP contribution in [0, 0.1) is 0 Å². The zero-order valence-corrected chi connectivity index (χ0v) is 8.04. The molecule has 0 aliphatic rings. The third-order valence-corrected chi connectivity index (χ3v) is 1.73. The topological polar surface area (TPSA) is 93.7 Å². The van der Waals surface area contributed by atoms with Gasteiger partial charge in [-0.15, -0.1) is 0 Å². The first-order chi connectivity index (χ1) is 6.72. The minimum absolute atomic E-state index is 0.113. The smallest absolute Gasteiger partial charge is 0.150 e. The van der Waals surface area contributed by atoms with Crippen LogP contribution in [0.1, 0.15) is 31.4 Å². The Labute approximate surface area is 81.7 Å². The summed E-state index contributed by atoms with van der Waals surface area (Å²) in [6, 6.07) is 0. The van der Waals surface area contributed by atoms with Crippen LogP contribution < -0.4 is 10.4 Å². The first-order valence-corrected chi connectivity index (χ1v) is 4.57. The number of aromatic amines is 1. The van der Waals surface area contributed by atoms with Gasteiger partial charge in [-0.05, 0) is 6.42 Å². The summed E-state index contributed by atoms with van der Waals surface area (Å²) in [6.45, 7) is 2.20. The predicted molar refractivity (Wildman–Crippen MR) is 47.2 cm³/mol. The standard InChI is InChI=1S/C8H14N4O2/c1-2-3-4-6-10-7(12-11-6)5-9-8(13)14/h9H,2-5H2,1H3,(H,13,14)(H,10,11,12)/p-1. The van der Waals surface area contributed by atoms with Crippen LogP contribution in [0.4, 0.5) is 4.79 Å². The molecule has 6 heteroatoms. The van der Waals surface area contributed by atoms with Crippen molar-refractivity contribution in [3.8, 4) is 0 Å². The minimum atomic E-state index is -1.31. The molecule has 0 radical (unpaired) electrons. The molecule has 1 rings (SSSR count). The number of carboxylic acid groups (broad SMARTS) is 1. The van der Waals surface area contributed by atoms with Crippen LogP contribution in [0.2, 0.25) is 0 Å². The van der Waals surface area contributed by atoms with E-state index < -0.39 is 6.09 Å². The molecule has 0 aliphatic heterocycles. The quantitative estimate of drug-likeness (QED) is 0.670. The van der Waals surface area contributed by atoms with Crippen LogP contribution in [0.25, 0.3) is 0 Å². The van der Waals surface area contributed by atoms with Crippen LogP contribution in [-0.4, -0.2) is 21.3 Å². The Hall–Kier alpha value is -1.59. The van der Waals surface area contributed by atoms with Gasteiger partial charge in [0.15, 0.2) is 5.82 Å². The summed E-state index contributed by atoms with van der Waals surface area (Å²) in [6.07, 6.45) is 1.63. The number of aryl methyl sites for hydroxylation is 1. The number of hydrogen-bond acceptors (Lipinski definition) is 4. The lowest BCUT2D eigenvalue weighted by Crippen LogP contribution is -2.36. The van der Waals surface area contributed by atoms with E-state index in [-0.39, 0.29) is 6.54 Å². The maximum absolute atomic E-state index is 10.1. The lowest BCUT2D eigenvalue weighted by atomic mass is 10.2. The highest BCUT2D eigenvalue weighted by atomic mass is 16.4. The number of rotatable bonds is 5. The van der Waals surface area contributed by atoms with E-state index in [2.05, 4.69) is 27.4 Å². The Bertz CT molecular complexity index is 297. The van der Waals surface area contributed by atoms with Gasteiger partial charge in [-0.25, -0.2) is 4.98 Å². The number of unbranched alkanes of at least 4 members (excludes halogenated alkanes) is 1. The molecule has 0 bridgehead atoms. The Balaban J connectivity index is 2.38. The second-order valence-electron chi connectivity index (χ2n) is 2.94. The highest BCUT2D eigenvalue weighted by Gasteiger charge is 2.01. The Kier molecular flexibility index (Phi) is 3.90. The Morgan fingerprint density at radius 2 is 2.43 bits per heavy atom. The van der Waals surface area contributed by atoms with Crippen molar-refractivity contribution >= 4 is 6.09 Å². The molecule has 1 aromatic rings. The van der Waals surface area contributed by atoms with Crippen LogP contribution in [0.15, 0.2) is 0 Å². The van der Waals surface area contributed by atoms with E-state index in [4.69, 9.17) is 0 Å². The van der Waals surface area contributed by atoms with Gasteiger partial charge in [0.1, 0.15) is 11.9 Å². The Morgan fingerprint density at radius 3 is 3.07 bits per heavy atom. The van der Waals surface area contributed by atoms with Crippen molar-refractivity contribution in [3.63, 3.8) is 0 Å². The fourth-order valence-corrected chi connectivity index (χ4v) is 1.02. The van der Waals surface area contributed by atoms with Crippen molar-refractivity contribution in [1.29, 1.82) is 0 Å². The molecular weight excluding hydrogens is 184 g/mol. The molecule has 0 fully saturated rings. The highest BCUT2D eigenvalue weighted by molar-refractivity contribution is 5.61. The Morgan fingerprint density at radius 1 is 1.64 bits per heavy atom. The number of nitrogens with zero attached hydrogens (tertiary/aromatic N) is 2. The molecule has 0 saturated carbocycles. The number of aromatic nitrogens is 3. The van der Waals surface area contributed by atoms with Crippen LogP contribution in [0.5, 0.6) is 0 Å². The van der Waals surface area contributed by atoms with Gasteiger partial charge in [-0.2, -0.15) is 5.10 Å². The highest BCUT2D eigenvalue weighted by Crippen LogP contribution is 1.98. The van der Waals surface area contributed by atoms with Crippen LogP contribution in [-0.2, 0) is 13.0 Å². The van der Waals surface area contributed by atoms with E-state index >= 15 is 0 Å². The molecule has 0 spiro atoms. The van der Waals surface area contributed by atoms with Gasteiger partial charge >= 0.3 is 0 Å². The monoisotopic (exact) mass is 197 g/mol. The van der Waals surface area contributed by atoms with Crippen LogP contribution >= 0.6 is 0 Å². The van der Waals surface area contributed by atoms with E-state index in [0.29, 0.717) is 5.82 Å². The van der Waals surface area contributed by atoms with Gasteiger partial charge in [-0.3, -0.25) is 5.10 Å². The molecule has 1 amide bonds. The van der Waals surface area contributed by atoms with Gasteiger partial charge in [0, 0.05) is 6.42 Å². The lowest BCUT2D eigenvalue weighted by molar-refractivity contribution is -0.251. The fraction of sp³-hybridized carbons (Fsp3) is 0.625. The van der Waals surface area contributed by atoms with Crippen molar-refractivity contribution in [2.45, 2.75) is 32.7 Å². The average molecular weight is 197 g/mol. The first kappa shape index (κ1) is 10.5. The maximum Gasteiger partial charge on any atom is 0.150 e. The zero-order chi connectivity index (χ0) is 10.4. The maximum atomic E-state index is 10.1. The van der Waals surface area contributed by atoms with E-state index in [1.165, 1.54) is 0 Å². The predicted octanol–water partition coefficient (Wildman–Crippen LogP) is -0.420. The number of amides is 1. The van der Waals surface area contributed by atoms with Crippen molar-refractivity contribution in [2.24, 2.45) is 0 Å². The molecule has 0 atom stereocenters. The van der Waals surface area contributed by atoms with E-state index in [9.17, 15) is 9.90 Å². The number of carbonyl (C=O) groups excluding carboxylic acids is 1. The second-order valence-corrected chi connectivity index (χ2v) is 2.94. The van der Waals surface area contributed by atoms with E-state index in [1.807, 2.05) is 0 Å². The summed E-state index contributed by atoms with van der Waals surface area (Å²) in [5, 5.41) is 18.8. The molecule has 1 heterocycles. The normalized spacial score (nSPS) is 10.1. The molecule has 14 heavy (non-hydrogen) atoms. The van der Waals surface area contributed by atoms with Gasteiger partial charge in [0.25, 0.3) is 0 Å². The number of H-pyrrole nitrogens is 1. The molecule has 1 aromatic heterocycles. The molecule has 0 saturated heterocycles. The van der Waals surface area contributed by atoms with E-state index in [1.54, 1.807) is 0 Å². The second kappa shape index (κ2) is 5.21. The summed E-state index contributed by atoms with van der Waals surface area (Å²) >= 11 is 0. The fourth-order valence-electron chi connectivity index (χ4n) is 1.02. The third kappa shape index (κ3) is 3.42. The van der Waals surface area contributed by atoms with E-state index in [0.717, 1.165) is 25.1 Å². The van der Waals surface area contributed by atoms with Gasteiger partial charge < -0.3 is 15.2 Å². The number of hydrogen-bond donors (Lipinski definition) is 2. The zero-order valence-electron chi connectivity index (χ0n) is 8.04. The summed E-state index contributed by atoms with van der Waals surface area (Å²) in [7, 11) is 0. The van der Waals surface area contributed by atoms with Crippen molar-refractivity contribution in [2.75, 3.05) is 0 Å². The molecule has 2 N–H and O–H groups in total.